The lowest BCUT2D eigenvalue weighted by Gasteiger charge is -2.26. The van der Waals surface area contributed by atoms with Gasteiger partial charge < -0.3 is 20.5 Å². The first-order valence-electron chi connectivity index (χ1n) is 5.59. The molecule has 0 aromatic heterocycles. The average Bonchev–Trinajstić information content (AvgIpc) is 2.26. The number of rotatable bonds is 8. The van der Waals surface area contributed by atoms with E-state index in [9.17, 15) is 4.79 Å². The number of amides is 1. The standard InChI is InChI=1S/C11H24N2O3/c1-5-11(3,8-12)16-7-10(14)13-9(2)6-15-4/h9H,5-8,12H2,1-4H3,(H,13,14). The number of methoxy groups -OCH3 is 1. The molecule has 96 valence electrons. The number of carbonyl (C=O) groups excluding carboxylic acids is 1. The summed E-state index contributed by atoms with van der Waals surface area (Å²) in [4.78, 5) is 11.5. The molecule has 0 radical (unpaired) electrons. The molecule has 0 aliphatic carbocycles. The number of hydrogen-bond donors (Lipinski definition) is 2. The van der Waals surface area contributed by atoms with Crippen LogP contribution in [0, 0.1) is 0 Å². The molecule has 1 amide bonds. The van der Waals surface area contributed by atoms with Crippen LogP contribution in [0.25, 0.3) is 0 Å². The zero-order valence-corrected chi connectivity index (χ0v) is 10.7. The first-order valence-corrected chi connectivity index (χ1v) is 5.59. The Hall–Kier alpha value is -0.650. The second-order valence-corrected chi connectivity index (χ2v) is 4.22. The molecular formula is C11H24N2O3. The predicted octanol–water partition coefficient (Wildman–Crippen LogP) is 0.282. The Morgan fingerprint density at radius 2 is 2.19 bits per heavy atom. The van der Waals surface area contributed by atoms with E-state index in [2.05, 4.69) is 5.32 Å². The van der Waals surface area contributed by atoms with Crippen molar-refractivity contribution in [1.29, 1.82) is 0 Å². The summed E-state index contributed by atoms with van der Waals surface area (Å²) in [5.41, 5.74) is 5.16. The van der Waals surface area contributed by atoms with Gasteiger partial charge in [0.1, 0.15) is 6.61 Å². The highest BCUT2D eigenvalue weighted by molar-refractivity contribution is 5.77. The summed E-state index contributed by atoms with van der Waals surface area (Å²) >= 11 is 0. The van der Waals surface area contributed by atoms with Crippen LogP contribution in [-0.2, 0) is 14.3 Å². The smallest absolute Gasteiger partial charge is 0.246 e. The molecule has 0 aromatic rings. The summed E-state index contributed by atoms with van der Waals surface area (Å²) in [6.07, 6.45) is 0.782. The zero-order valence-electron chi connectivity index (χ0n) is 10.7. The van der Waals surface area contributed by atoms with Gasteiger partial charge in [0.25, 0.3) is 0 Å². The third kappa shape index (κ3) is 6.05. The SMILES string of the molecule is CCC(C)(CN)OCC(=O)NC(C)COC. The van der Waals surface area contributed by atoms with Gasteiger partial charge in [-0.15, -0.1) is 0 Å². The van der Waals surface area contributed by atoms with E-state index >= 15 is 0 Å². The number of ether oxygens (including phenoxy) is 2. The van der Waals surface area contributed by atoms with Crippen molar-refractivity contribution >= 4 is 5.91 Å². The molecule has 2 unspecified atom stereocenters. The lowest BCUT2D eigenvalue weighted by Crippen LogP contribution is -2.43. The van der Waals surface area contributed by atoms with Crippen LogP contribution in [0.4, 0.5) is 0 Å². The van der Waals surface area contributed by atoms with E-state index in [4.69, 9.17) is 15.2 Å². The maximum absolute atomic E-state index is 11.5. The molecule has 0 fully saturated rings. The summed E-state index contributed by atoms with van der Waals surface area (Å²) in [6, 6.07) is -0.00754. The molecule has 0 saturated heterocycles. The molecule has 0 rings (SSSR count). The van der Waals surface area contributed by atoms with Crippen LogP contribution in [-0.4, -0.2) is 44.4 Å². The van der Waals surface area contributed by atoms with E-state index in [1.165, 1.54) is 0 Å². The summed E-state index contributed by atoms with van der Waals surface area (Å²) < 4.78 is 10.4. The molecule has 16 heavy (non-hydrogen) atoms. The van der Waals surface area contributed by atoms with E-state index < -0.39 is 5.60 Å². The van der Waals surface area contributed by atoms with Crippen molar-refractivity contribution in [2.24, 2.45) is 5.73 Å². The summed E-state index contributed by atoms with van der Waals surface area (Å²) in [6.45, 7) is 6.70. The highest BCUT2D eigenvalue weighted by Crippen LogP contribution is 2.12. The zero-order chi connectivity index (χ0) is 12.6. The Bertz CT molecular complexity index is 205. The van der Waals surface area contributed by atoms with Gasteiger partial charge >= 0.3 is 0 Å². The van der Waals surface area contributed by atoms with E-state index in [-0.39, 0.29) is 18.6 Å². The van der Waals surface area contributed by atoms with Gasteiger partial charge in [0.2, 0.25) is 5.91 Å². The van der Waals surface area contributed by atoms with Gasteiger partial charge in [0.05, 0.1) is 12.2 Å². The van der Waals surface area contributed by atoms with E-state index in [0.29, 0.717) is 13.2 Å². The Morgan fingerprint density at radius 3 is 2.62 bits per heavy atom. The van der Waals surface area contributed by atoms with Gasteiger partial charge in [-0.3, -0.25) is 4.79 Å². The van der Waals surface area contributed by atoms with Crippen LogP contribution in [0.3, 0.4) is 0 Å². The second kappa shape index (κ2) is 7.60. The molecule has 2 atom stereocenters. The molecule has 0 saturated carbocycles. The van der Waals surface area contributed by atoms with Crippen LogP contribution in [0.2, 0.25) is 0 Å². The Kier molecular flexibility index (Phi) is 7.29. The van der Waals surface area contributed by atoms with Crippen molar-refractivity contribution in [2.75, 3.05) is 26.9 Å². The van der Waals surface area contributed by atoms with Crippen molar-refractivity contribution in [3.05, 3.63) is 0 Å². The average molecular weight is 232 g/mol. The topological polar surface area (TPSA) is 73.6 Å². The van der Waals surface area contributed by atoms with Gasteiger partial charge in [-0.05, 0) is 20.3 Å². The molecule has 0 aromatic carbocycles. The van der Waals surface area contributed by atoms with Crippen LogP contribution in [0.15, 0.2) is 0 Å². The van der Waals surface area contributed by atoms with E-state index in [0.717, 1.165) is 6.42 Å². The molecule has 0 bridgehead atoms. The number of nitrogens with two attached hydrogens (primary N) is 1. The van der Waals surface area contributed by atoms with Crippen LogP contribution in [0.5, 0.6) is 0 Å². The summed E-state index contributed by atoms with van der Waals surface area (Å²) in [5.74, 6) is -0.141. The van der Waals surface area contributed by atoms with Crippen molar-refractivity contribution in [1.82, 2.24) is 5.32 Å². The Balaban J connectivity index is 3.88. The lowest BCUT2D eigenvalue weighted by atomic mass is 10.0. The van der Waals surface area contributed by atoms with Crippen molar-refractivity contribution in [2.45, 2.75) is 38.8 Å². The van der Waals surface area contributed by atoms with Gasteiger partial charge in [-0.1, -0.05) is 6.92 Å². The summed E-state index contributed by atoms with van der Waals surface area (Å²) in [7, 11) is 1.60. The van der Waals surface area contributed by atoms with Gasteiger partial charge in [-0.2, -0.15) is 0 Å². The largest absolute Gasteiger partial charge is 0.383 e. The van der Waals surface area contributed by atoms with Crippen LogP contribution < -0.4 is 11.1 Å². The minimum atomic E-state index is -0.415. The van der Waals surface area contributed by atoms with Gasteiger partial charge in [0.15, 0.2) is 0 Å². The maximum Gasteiger partial charge on any atom is 0.246 e. The van der Waals surface area contributed by atoms with Gasteiger partial charge in [-0.25, -0.2) is 0 Å². The van der Waals surface area contributed by atoms with Gasteiger partial charge in [0, 0.05) is 19.7 Å². The highest BCUT2D eigenvalue weighted by Gasteiger charge is 2.22. The molecular weight excluding hydrogens is 208 g/mol. The third-order valence-electron chi connectivity index (χ3n) is 2.56. The normalized spacial score (nSPS) is 16.6. The van der Waals surface area contributed by atoms with E-state index in [1.807, 2.05) is 20.8 Å². The second-order valence-electron chi connectivity index (χ2n) is 4.22. The minimum Gasteiger partial charge on any atom is -0.383 e. The maximum atomic E-state index is 11.5. The molecule has 0 aliphatic heterocycles. The quantitative estimate of drug-likeness (QED) is 0.630. The first-order chi connectivity index (χ1) is 7.47. The first kappa shape index (κ1) is 15.3. The van der Waals surface area contributed by atoms with Crippen LogP contribution >= 0.6 is 0 Å². The third-order valence-corrected chi connectivity index (χ3v) is 2.56. The Morgan fingerprint density at radius 1 is 1.56 bits per heavy atom. The van der Waals surface area contributed by atoms with Crippen molar-refractivity contribution < 1.29 is 14.3 Å². The molecule has 0 heterocycles. The number of nitrogens with one attached hydrogen (secondary N) is 1. The molecule has 3 N–H and O–H groups in total. The summed E-state index contributed by atoms with van der Waals surface area (Å²) in [5, 5.41) is 2.77. The number of carbonyl (C=O) groups is 1. The molecule has 0 aliphatic rings. The fraction of sp³-hybridized carbons (Fsp3) is 0.909. The lowest BCUT2D eigenvalue weighted by molar-refractivity contribution is -0.132. The van der Waals surface area contributed by atoms with Crippen molar-refractivity contribution in [3.63, 3.8) is 0 Å². The highest BCUT2D eigenvalue weighted by atomic mass is 16.5. The monoisotopic (exact) mass is 232 g/mol. The van der Waals surface area contributed by atoms with E-state index in [1.54, 1.807) is 7.11 Å². The minimum absolute atomic E-state index is 0.00754. The predicted molar refractivity (Wildman–Crippen MR) is 63.2 cm³/mol. The molecule has 0 spiro atoms. The van der Waals surface area contributed by atoms with Crippen molar-refractivity contribution in [3.8, 4) is 0 Å². The van der Waals surface area contributed by atoms with Crippen LogP contribution in [0.1, 0.15) is 27.2 Å². The fourth-order valence-corrected chi connectivity index (χ4v) is 1.15. The molecule has 5 heteroatoms. The molecule has 5 nitrogen and oxygen atoms in total. The Labute approximate surface area is 97.7 Å². The number of hydrogen-bond acceptors (Lipinski definition) is 4. The fourth-order valence-electron chi connectivity index (χ4n) is 1.15.